The van der Waals surface area contributed by atoms with Gasteiger partial charge in [0, 0.05) is 26.2 Å². The van der Waals surface area contributed by atoms with Crippen LogP contribution in [0.2, 0.25) is 0 Å². The van der Waals surface area contributed by atoms with Gasteiger partial charge in [-0.2, -0.15) is 4.31 Å². The molecule has 0 spiro atoms. The highest BCUT2D eigenvalue weighted by Gasteiger charge is 2.32. The van der Waals surface area contributed by atoms with Crippen LogP contribution in [0, 0.1) is 17.5 Å². The number of rotatable bonds is 4. The largest absolute Gasteiger partial charge is 0.331 e. The lowest BCUT2D eigenvalue weighted by molar-refractivity contribution is 0.169. The van der Waals surface area contributed by atoms with Gasteiger partial charge in [-0.05, 0) is 42.8 Å². The molecule has 0 aromatic heterocycles. The van der Waals surface area contributed by atoms with Gasteiger partial charge in [-0.25, -0.2) is 26.4 Å². The third-order valence-electron chi connectivity index (χ3n) is 4.75. The van der Waals surface area contributed by atoms with Gasteiger partial charge >= 0.3 is 6.03 Å². The Morgan fingerprint density at radius 1 is 0.966 bits per heavy atom. The molecule has 1 fully saturated rings. The van der Waals surface area contributed by atoms with Crippen molar-refractivity contribution in [3.05, 3.63) is 65.5 Å². The molecule has 0 bridgehead atoms. The first-order valence-corrected chi connectivity index (χ1v) is 10.4. The van der Waals surface area contributed by atoms with E-state index in [1.807, 2.05) is 0 Å². The van der Waals surface area contributed by atoms with Crippen LogP contribution in [0.3, 0.4) is 0 Å². The Morgan fingerprint density at radius 3 is 2.17 bits per heavy atom. The molecule has 29 heavy (non-hydrogen) atoms. The second-order valence-corrected chi connectivity index (χ2v) is 8.59. The van der Waals surface area contributed by atoms with Crippen LogP contribution in [0.15, 0.2) is 47.4 Å². The van der Waals surface area contributed by atoms with Crippen molar-refractivity contribution in [1.29, 1.82) is 0 Å². The van der Waals surface area contributed by atoms with Crippen molar-refractivity contribution in [2.45, 2.75) is 17.9 Å². The number of nitrogens with one attached hydrogen (secondary N) is 1. The molecule has 2 amide bonds. The molecule has 1 heterocycles. The summed E-state index contributed by atoms with van der Waals surface area (Å²) in [7, 11) is -4.21. The number of benzene rings is 2. The fourth-order valence-electron chi connectivity index (χ4n) is 3.06. The van der Waals surface area contributed by atoms with Crippen molar-refractivity contribution in [2.24, 2.45) is 0 Å². The van der Waals surface area contributed by atoms with Crippen LogP contribution in [0.1, 0.15) is 18.5 Å². The maximum Gasteiger partial charge on any atom is 0.317 e. The van der Waals surface area contributed by atoms with E-state index in [1.54, 1.807) is 19.1 Å². The van der Waals surface area contributed by atoms with E-state index in [0.717, 1.165) is 22.0 Å². The number of carbonyl (C=O) groups is 1. The first-order chi connectivity index (χ1) is 13.7. The highest BCUT2D eigenvalue weighted by Crippen LogP contribution is 2.22. The zero-order chi connectivity index (χ0) is 21.2. The summed E-state index contributed by atoms with van der Waals surface area (Å²) in [5, 5.41) is 2.77. The van der Waals surface area contributed by atoms with Crippen LogP contribution in [-0.2, 0) is 10.0 Å². The van der Waals surface area contributed by atoms with Crippen LogP contribution in [0.4, 0.5) is 18.0 Å². The van der Waals surface area contributed by atoms with E-state index in [2.05, 4.69) is 5.32 Å². The van der Waals surface area contributed by atoms with Crippen LogP contribution in [-0.4, -0.2) is 49.8 Å². The number of halogens is 3. The van der Waals surface area contributed by atoms with Gasteiger partial charge in [-0.3, -0.25) is 0 Å². The highest BCUT2D eigenvalue weighted by atomic mass is 32.2. The normalized spacial score (nSPS) is 16.5. The van der Waals surface area contributed by atoms with Gasteiger partial charge in [0.05, 0.1) is 6.04 Å². The number of urea groups is 1. The van der Waals surface area contributed by atoms with Crippen LogP contribution < -0.4 is 5.32 Å². The molecule has 2 aromatic rings. The summed E-state index contributed by atoms with van der Waals surface area (Å²) in [6.07, 6.45) is 0. The lowest BCUT2D eigenvalue weighted by atomic mass is 10.1. The van der Waals surface area contributed by atoms with Gasteiger partial charge < -0.3 is 10.2 Å². The molecule has 156 valence electrons. The molecule has 10 heteroatoms. The summed E-state index contributed by atoms with van der Waals surface area (Å²) in [6.45, 7) is 1.85. The molecule has 1 N–H and O–H groups in total. The summed E-state index contributed by atoms with van der Waals surface area (Å²) in [4.78, 5) is 13.2. The Hall–Kier alpha value is -2.59. The Labute approximate surface area is 167 Å². The summed E-state index contributed by atoms with van der Waals surface area (Å²) >= 11 is 0. The monoisotopic (exact) mass is 427 g/mol. The van der Waals surface area contributed by atoms with E-state index in [-0.39, 0.29) is 38.0 Å². The van der Waals surface area contributed by atoms with Crippen molar-refractivity contribution in [3.63, 3.8) is 0 Å². The highest BCUT2D eigenvalue weighted by molar-refractivity contribution is 7.89. The van der Waals surface area contributed by atoms with Gasteiger partial charge in [-0.15, -0.1) is 0 Å². The first kappa shape index (κ1) is 21.1. The fourth-order valence-corrected chi connectivity index (χ4v) is 4.55. The quantitative estimate of drug-likeness (QED) is 0.816. The third-order valence-corrected chi connectivity index (χ3v) is 6.66. The number of sulfonamides is 1. The molecule has 1 atom stereocenters. The lowest BCUT2D eigenvalue weighted by Gasteiger charge is -2.34. The van der Waals surface area contributed by atoms with E-state index in [0.29, 0.717) is 6.07 Å². The van der Waals surface area contributed by atoms with Crippen molar-refractivity contribution in [3.8, 4) is 0 Å². The van der Waals surface area contributed by atoms with E-state index >= 15 is 0 Å². The van der Waals surface area contributed by atoms with Crippen LogP contribution in [0.25, 0.3) is 0 Å². The summed E-state index contributed by atoms with van der Waals surface area (Å²) in [5.74, 6) is -2.25. The lowest BCUT2D eigenvalue weighted by Crippen LogP contribution is -2.53. The molecule has 1 aliphatic heterocycles. The third kappa shape index (κ3) is 4.70. The average molecular weight is 427 g/mol. The number of carbonyl (C=O) groups excluding carboxylic acids is 1. The van der Waals surface area contributed by atoms with Gasteiger partial charge in [0.1, 0.15) is 22.3 Å². The van der Waals surface area contributed by atoms with E-state index in [1.165, 1.54) is 17.0 Å². The molecular weight excluding hydrogens is 407 g/mol. The average Bonchev–Trinajstić information content (AvgIpc) is 2.70. The minimum atomic E-state index is -4.21. The van der Waals surface area contributed by atoms with E-state index in [4.69, 9.17) is 0 Å². The zero-order valence-electron chi connectivity index (χ0n) is 15.6. The number of nitrogens with zero attached hydrogens (tertiary/aromatic N) is 2. The van der Waals surface area contributed by atoms with Crippen LogP contribution >= 0.6 is 0 Å². The van der Waals surface area contributed by atoms with Gasteiger partial charge in [-0.1, -0.05) is 12.1 Å². The molecule has 0 saturated carbocycles. The molecule has 0 aliphatic carbocycles. The van der Waals surface area contributed by atoms with Crippen molar-refractivity contribution >= 4 is 16.1 Å². The Bertz CT molecular complexity index is 992. The molecule has 2 aromatic carbocycles. The second kappa shape index (κ2) is 8.42. The molecule has 6 nitrogen and oxygen atoms in total. The first-order valence-electron chi connectivity index (χ1n) is 8.94. The standard InChI is InChI=1S/C19H20F3N3O3S/c1-13(14-2-4-15(20)5-3-14)23-19(26)24-8-10-25(11-9-24)29(27,28)18-12-16(21)6-7-17(18)22/h2-7,12-13H,8-11H2,1H3,(H,23,26). The number of amides is 2. The zero-order valence-corrected chi connectivity index (χ0v) is 16.4. The minimum absolute atomic E-state index is 0.0450. The molecular formula is C19H20F3N3O3S. The molecule has 0 radical (unpaired) electrons. The van der Waals surface area contributed by atoms with Crippen molar-refractivity contribution < 1.29 is 26.4 Å². The molecule has 1 aliphatic rings. The van der Waals surface area contributed by atoms with Gasteiger partial charge in [0.15, 0.2) is 0 Å². The number of hydrogen-bond donors (Lipinski definition) is 1. The van der Waals surface area contributed by atoms with E-state index in [9.17, 15) is 26.4 Å². The summed E-state index contributed by atoms with van der Waals surface area (Å²) in [5.41, 5.74) is 0.725. The topological polar surface area (TPSA) is 69.7 Å². The van der Waals surface area contributed by atoms with E-state index < -0.39 is 32.6 Å². The van der Waals surface area contributed by atoms with Crippen molar-refractivity contribution in [1.82, 2.24) is 14.5 Å². The number of piperazine rings is 1. The summed E-state index contributed by atoms with van der Waals surface area (Å²) in [6, 6.07) is 7.23. The predicted octanol–water partition coefficient (Wildman–Crippen LogP) is 2.88. The van der Waals surface area contributed by atoms with Gasteiger partial charge in [0.25, 0.3) is 0 Å². The minimum Gasteiger partial charge on any atom is -0.331 e. The van der Waals surface area contributed by atoms with Crippen LogP contribution in [0.5, 0.6) is 0 Å². The predicted molar refractivity (Wildman–Crippen MR) is 100 cm³/mol. The van der Waals surface area contributed by atoms with Crippen molar-refractivity contribution in [2.75, 3.05) is 26.2 Å². The molecule has 1 unspecified atom stereocenters. The summed E-state index contributed by atoms with van der Waals surface area (Å²) < 4.78 is 66.5. The van der Waals surface area contributed by atoms with Gasteiger partial charge in [0.2, 0.25) is 10.0 Å². The fraction of sp³-hybridized carbons (Fsp3) is 0.316. The number of hydrogen-bond acceptors (Lipinski definition) is 3. The Morgan fingerprint density at radius 2 is 1.55 bits per heavy atom. The molecule has 1 saturated heterocycles. The Balaban J connectivity index is 1.61. The maximum absolute atomic E-state index is 13.9. The Kier molecular flexibility index (Phi) is 6.13. The molecule has 3 rings (SSSR count). The SMILES string of the molecule is CC(NC(=O)N1CCN(S(=O)(=O)c2cc(F)ccc2F)CC1)c1ccc(F)cc1. The maximum atomic E-state index is 13.9. The smallest absolute Gasteiger partial charge is 0.317 e. The second-order valence-electron chi connectivity index (χ2n) is 6.69.